The Labute approximate surface area is 113 Å². The van der Waals surface area contributed by atoms with Gasteiger partial charge in [-0.25, -0.2) is 8.78 Å². The van der Waals surface area contributed by atoms with Crippen molar-refractivity contribution in [3.63, 3.8) is 0 Å². The molecule has 2 bridgehead atoms. The van der Waals surface area contributed by atoms with Crippen molar-refractivity contribution >= 4 is 0 Å². The molecule has 0 N–H and O–H groups in total. The summed E-state index contributed by atoms with van der Waals surface area (Å²) in [5.74, 6) is -0.107. The third-order valence-electron chi connectivity index (χ3n) is 5.03. The van der Waals surface area contributed by atoms with Crippen LogP contribution >= 0.6 is 0 Å². The Hall–Kier alpha value is -0.960. The molecule has 2 heterocycles. The summed E-state index contributed by atoms with van der Waals surface area (Å²) in [5, 5.41) is 0. The largest absolute Gasteiger partial charge is 0.293 e. The summed E-state index contributed by atoms with van der Waals surface area (Å²) in [6.45, 7) is 2.66. The van der Waals surface area contributed by atoms with Crippen LogP contribution in [0.15, 0.2) is 18.2 Å². The first-order valence-electron chi connectivity index (χ1n) is 7.39. The van der Waals surface area contributed by atoms with Gasteiger partial charge in [0, 0.05) is 24.2 Å². The molecule has 3 atom stereocenters. The van der Waals surface area contributed by atoms with E-state index in [0.717, 1.165) is 0 Å². The Morgan fingerprint density at radius 1 is 1.11 bits per heavy atom. The van der Waals surface area contributed by atoms with Gasteiger partial charge in [0.25, 0.3) is 0 Å². The number of fused-ring (bicyclic) bond motifs is 2. The minimum atomic E-state index is -0.405. The van der Waals surface area contributed by atoms with Gasteiger partial charge < -0.3 is 0 Å². The third kappa shape index (κ3) is 2.29. The lowest BCUT2D eigenvalue weighted by Gasteiger charge is -2.40. The summed E-state index contributed by atoms with van der Waals surface area (Å²) in [5.41, 5.74) is 0.246. The molecule has 0 saturated carbocycles. The molecule has 3 heteroatoms. The molecule has 2 aliphatic heterocycles. The molecule has 3 unspecified atom stereocenters. The number of hydrogen-bond acceptors (Lipinski definition) is 1. The summed E-state index contributed by atoms with van der Waals surface area (Å²) in [6.07, 6.45) is 6.03. The maximum absolute atomic E-state index is 13.8. The second-order valence-electron chi connectivity index (χ2n) is 5.92. The zero-order valence-electron chi connectivity index (χ0n) is 11.4. The second kappa shape index (κ2) is 5.20. The van der Waals surface area contributed by atoms with Crippen LogP contribution in [-0.4, -0.2) is 17.0 Å². The third-order valence-corrected chi connectivity index (χ3v) is 5.03. The van der Waals surface area contributed by atoms with E-state index in [2.05, 4.69) is 11.8 Å². The molecule has 104 valence electrons. The quantitative estimate of drug-likeness (QED) is 0.794. The summed E-state index contributed by atoms with van der Waals surface area (Å²) in [4.78, 5) is 2.36. The SMILES string of the molecule is CCC1CCC2CCC1N2Cc1c(F)cccc1F. The molecule has 0 aliphatic carbocycles. The van der Waals surface area contributed by atoms with Crippen LogP contribution in [0, 0.1) is 17.6 Å². The van der Waals surface area contributed by atoms with E-state index in [1.165, 1.54) is 50.3 Å². The molecule has 1 aromatic rings. The van der Waals surface area contributed by atoms with Gasteiger partial charge in [0.05, 0.1) is 0 Å². The van der Waals surface area contributed by atoms with Gasteiger partial charge in [-0.2, -0.15) is 0 Å². The fraction of sp³-hybridized carbons (Fsp3) is 0.625. The Morgan fingerprint density at radius 2 is 1.79 bits per heavy atom. The minimum absolute atomic E-state index is 0.246. The maximum atomic E-state index is 13.8. The first kappa shape index (κ1) is 13.0. The van der Waals surface area contributed by atoms with E-state index >= 15 is 0 Å². The van der Waals surface area contributed by atoms with E-state index in [-0.39, 0.29) is 5.56 Å². The van der Waals surface area contributed by atoms with Crippen molar-refractivity contribution in [1.82, 2.24) is 4.90 Å². The van der Waals surface area contributed by atoms with Crippen molar-refractivity contribution in [3.8, 4) is 0 Å². The molecule has 2 fully saturated rings. The van der Waals surface area contributed by atoms with Gasteiger partial charge in [-0.3, -0.25) is 4.90 Å². The van der Waals surface area contributed by atoms with Gasteiger partial charge in [-0.1, -0.05) is 19.4 Å². The molecule has 0 amide bonds. The lowest BCUT2D eigenvalue weighted by Crippen LogP contribution is -2.44. The molecule has 2 saturated heterocycles. The lowest BCUT2D eigenvalue weighted by atomic mass is 9.88. The maximum Gasteiger partial charge on any atom is 0.130 e. The van der Waals surface area contributed by atoms with E-state index in [0.29, 0.717) is 24.5 Å². The Balaban J connectivity index is 1.83. The van der Waals surface area contributed by atoms with E-state index in [1.807, 2.05) is 0 Å². The standard InChI is InChI=1S/C16H21F2N/c1-2-11-6-7-12-8-9-16(11)19(12)10-13-14(17)4-3-5-15(13)18/h3-5,11-12,16H,2,6-10H2,1H3. The number of nitrogens with zero attached hydrogens (tertiary/aromatic N) is 1. The Bertz CT molecular complexity index is 440. The van der Waals surface area contributed by atoms with Gasteiger partial charge >= 0.3 is 0 Å². The average molecular weight is 265 g/mol. The zero-order chi connectivity index (χ0) is 13.4. The molecular formula is C16H21F2N. The fourth-order valence-electron chi connectivity index (χ4n) is 3.97. The molecule has 1 aromatic carbocycles. The van der Waals surface area contributed by atoms with Gasteiger partial charge in [0.2, 0.25) is 0 Å². The number of hydrogen-bond donors (Lipinski definition) is 0. The highest BCUT2D eigenvalue weighted by atomic mass is 19.1. The summed E-state index contributed by atoms with van der Waals surface area (Å²) >= 11 is 0. The van der Waals surface area contributed by atoms with Gasteiger partial charge in [0.1, 0.15) is 11.6 Å². The molecule has 1 nitrogen and oxygen atoms in total. The van der Waals surface area contributed by atoms with Crippen molar-refractivity contribution in [2.45, 2.75) is 57.7 Å². The van der Waals surface area contributed by atoms with Crippen molar-refractivity contribution in [2.75, 3.05) is 0 Å². The summed E-state index contributed by atoms with van der Waals surface area (Å²) in [7, 11) is 0. The van der Waals surface area contributed by atoms with Crippen LogP contribution in [0.2, 0.25) is 0 Å². The first-order valence-corrected chi connectivity index (χ1v) is 7.39. The predicted molar refractivity (Wildman–Crippen MR) is 71.7 cm³/mol. The van der Waals surface area contributed by atoms with E-state index in [1.54, 1.807) is 0 Å². The molecular weight excluding hydrogens is 244 g/mol. The fourth-order valence-corrected chi connectivity index (χ4v) is 3.97. The van der Waals surface area contributed by atoms with Crippen molar-refractivity contribution in [3.05, 3.63) is 35.4 Å². The van der Waals surface area contributed by atoms with Gasteiger partial charge in [0.15, 0.2) is 0 Å². The molecule has 0 radical (unpaired) electrons. The molecule has 0 aromatic heterocycles. The van der Waals surface area contributed by atoms with Crippen molar-refractivity contribution in [2.24, 2.45) is 5.92 Å². The second-order valence-corrected chi connectivity index (χ2v) is 5.92. The first-order chi connectivity index (χ1) is 9.20. The van der Waals surface area contributed by atoms with E-state index < -0.39 is 11.6 Å². The van der Waals surface area contributed by atoms with Gasteiger partial charge in [-0.15, -0.1) is 0 Å². The normalized spacial score (nSPS) is 30.8. The number of piperidine rings is 1. The number of halogens is 2. The Morgan fingerprint density at radius 3 is 2.47 bits per heavy atom. The monoisotopic (exact) mass is 265 g/mol. The van der Waals surface area contributed by atoms with Crippen LogP contribution in [-0.2, 0) is 6.54 Å². The highest BCUT2D eigenvalue weighted by Crippen LogP contribution is 2.41. The average Bonchev–Trinajstić information content (AvgIpc) is 2.67. The van der Waals surface area contributed by atoms with E-state index in [4.69, 9.17) is 0 Å². The van der Waals surface area contributed by atoms with Crippen LogP contribution in [0.4, 0.5) is 8.78 Å². The van der Waals surface area contributed by atoms with Crippen LogP contribution in [0.25, 0.3) is 0 Å². The molecule has 3 rings (SSSR count). The predicted octanol–water partition coefficient (Wildman–Crippen LogP) is 4.12. The lowest BCUT2D eigenvalue weighted by molar-refractivity contribution is 0.0794. The molecule has 19 heavy (non-hydrogen) atoms. The summed E-state index contributed by atoms with van der Waals surface area (Å²) in [6, 6.07) is 5.23. The van der Waals surface area contributed by atoms with Crippen LogP contribution in [0.1, 0.15) is 44.6 Å². The highest BCUT2D eigenvalue weighted by molar-refractivity contribution is 5.20. The number of rotatable bonds is 3. The van der Waals surface area contributed by atoms with Crippen LogP contribution < -0.4 is 0 Å². The van der Waals surface area contributed by atoms with Crippen molar-refractivity contribution in [1.29, 1.82) is 0 Å². The van der Waals surface area contributed by atoms with Crippen LogP contribution in [0.5, 0.6) is 0 Å². The van der Waals surface area contributed by atoms with Crippen LogP contribution in [0.3, 0.4) is 0 Å². The highest BCUT2D eigenvalue weighted by Gasteiger charge is 2.41. The number of benzene rings is 1. The summed E-state index contributed by atoms with van der Waals surface area (Å²) < 4.78 is 27.6. The smallest absolute Gasteiger partial charge is 0.130 e. The molecule has 0 spiro atoms. The zero-order valence-corrected chi connectivity index (χ0v) is 11.4. The molecule has 2 aliphatic rings. The van der Waals surface area contributed by atoms with E-state index in [9.17, 15) is 8.78 Å². The van der Waals surface area contributed by atoms with Gasteiger partial charge in [-0.05, 0) is 43.7 Å². The van der Waals surface area contributed by atoms with Crippen molar-refractivity contribution < 1.29 is 8.78 Å². The Kier molecular flexibility index (Phi) is 3.57. The topological polar surface area (TPSA) is 3.24 Å². The minimum Gasteiger partial charge on any atom is -0.293 e.